The lowest BCUT2D eigenvalue weighted by Crippen LogP contribution is -2.53. The molecule has 3 rings (SSSR count). The first kappa shape index (κ1) is 31.4. The molecule has 214 valence electrons. The summed E-state index contributed by atoms with van der Waals surface area (Å²) >= 11 is 3.45. The average molecular weight is 629 g/mol. The maximum Gasteiger partial charge on any atom is 0.244 e. The predicted molar refractivity (Wildman–Crippen MR) is 165 cm³/mol. The molecule has 0 saturated heterocycles. The molecule has 0 aliphatic rings. The third-order valence-electron chi connectivity index (χ3n) is 6.75. The van der Waals surface area contributed by atoms with Crippen LogP contribution in [0.15, 0.2) is 77.3 Å². The van der Waals surface area contributed by atoms with Crippen molar-refractivity contribution in [3.63, 3.8) is 0 Å². The van der Waals surface area contributed by atoms with Gasteiger partial charge in [0.1, 0.15) is 12.6 Å². The number of nitrogens with zero attached hydrogens (tertiary/aromatic N) is 2. The molecule has 0 heterocycles. The highest BCUT2D eigenvalue weighted by Gasteiger charge is 2.33. The molecule has 0 aromatic heterocycles. The highest BCUT2D eigenvalue weighted by molar-refractivity contribution is 9.10. The Balaban J connectivity index is 2.07. The molecule has 0 spiro atoms. The number of anilines is 1. The Kier molecular flexibility index (Phi) is 10.9. The quantitative estimate of drug-likeness (QED) is 0.297. The van der Waals surface area contributed by atoms with E-state index in [1.165, 1.54) is 4.90 Å². The monoisotopic (exact) mass is 627 g/mol. The molecule has 0 aliphatic heterocycles. The maximum absolute atomic E-state index is 14.1. The molecule has 9 heteroatoms. The number of nitrogens with one attached hydrogen (secondary N) is 1. The van der Waals surface area contributed by atoms with Gasteiger partial charge in [-0.1, -0.05) is 84.4 Å². The number of benzene rings is 3. The van der Waals surface area contributed by atoms with E-state index in [1.54, 1.807) is 12.1 Å². The van der Waals surface area contributed by atoms with Gasteiger partial charge in [-0.15, -0.1) is 0 Å². The number of hydrogen-bond donors (Lipinski definition) is 1. The molecule has 3 aromatic rings. The standard InChI is InChI=1S/C31H38BrN3O4S/c1-22(2)19-33-31(37)29(18-25-11-7-6-8-12-25)34(20-26-14-16-27(32)17-15-26)30(36)21-35(40(5,38)39)28-13-9-10-23(3)24(28)4/h6-17,22,29H,18-21H2,1-5H3,(H,33,37)/t29-/m0/s1. The smallest absolute Gasteiger partial charge is 0.244 e. The second-order valence-corrected chi connectivity index (χ2v) is 13.3. The molecule has 2 amide bonds. The van der Waals surface area contributed by atoms with Crippen LogP contribution in [-0.2, 0) is 32.6 Å². The molecule has 7 nitrogen and oxygen atoms in total. The molecule has 40 heavy (non-hydrogen) atoms. The van der Waals surface area contributed by atoms with Crippen LogP contribution in [0.2, 0.25) is 0 Å². The van der Waals surface area contributed by atoms with Crippen molar-refractivity contribution < 1.29 is 18.0 Å². The van der Waals surface area contributed by atoms with Crippen molar-refractivity contribution in [3.8, 4) is 0 Å². The molecule has 0 radical (unpaired) electrons. The van der Waals surface area contributed by atoms with E-state index >= 15 is 0 Å². The van der Waals surface area contributed by atoms with Crippen molar-refractivity contribution in [1.82, 2.24) is 10.2 Å². The second-order valence-electron chi connectivity index (χ2n) is 10.5. The number of carbonyl (C=O) groups is 2. The van der Waals surface area contributed by atoms with E-state index in [-0.39, 0.29) is 24.8 Å². The largest absolute Gasteiger partial charge is 0.354 e. The Hall–Kier alpha value is -3.17. The molecule has 0 unspecified atom stereocenters. The molecule has 0 aliphatic carbocycles. The summed E-state index contributed by atoms with van der Waals surface area (Å²) in [5.74, 6) is -0.516. The second kappa shape index (κ2) is 13.9. The third-order valence-corrected chi connectivity index (χ3v) is 8.40. The highest BCUT2D eigenvalue weighted by Crippen LogP contribution is 2.26. The van der Waals surface area contributed by atoms with Crippen LogP contribution in [0.3, 0.4) is 0 Å². The van der Waals surface area contributed by atoms with Crippen LogP contribution in [0.1, 0.15) is 36.1 Å². The van der Waals surface area contributed by atoms with Gasteiger partial charge in [0.15, 0.2) is 0 Å². The minimum absolute atomic E-state index is 0.142. The number of amides is 2. The minimum atomic E-state index is -3.81. The fourth-order valence-electron chi connectivity index (χ4n) is 4.36. The summed E-state index contributed by atoms with van der Waals surface area (Å²) in [7, 11) is -3.81. The lowest BCUT2D eigenvalue weighted by molar-refractivity contribution is -0.140. The maximum atomic E-state index is 14.1. The Morgan fingerprint density at radius 2 is 1.55 bits per heavy atom. The van der Waals surface area contributed by atoms with E-state index in [0.717, 1.165) is 37.3 Å². The summed E-state index contributed by atoms with van der Waals surface area (Å²) < 4.78 is 28.0. The van der Waals surface area contributed by atoms with Crippen LogP contribution in [-0.4, -0.2) is 50.5 Å². The van der Waals surface area contributed by atoms with Gasteiger partial charge in [-0.05, 0) is 60.2 Å². The SMILES string of the molecule is Cc1cccc(N(CC(=O)N(Cc2ccc(Br)cc2)[C@@H](Cc2ccccc2)C(=O)NCC(C)C)S(C)(=O)=O)c1C. The highest BCUT2D eigenvalue weighted by atomic mass is 79.9. The Morgan fingerprint density at radius 3 is 2.15 bits per heavy atom. The molecule has 0 bridgehead atoms. The van der Waals surface area contributed by atoms with Gasteiger partial charge in [0.2, 0.25) is 21.8 Å². The van der Waals surface area contributed by atoms with Crippen molar-refractivity contribution in [2.75, 3.05) is 23.7 Å². The Labute approximate surface area is 246 Å². The third kappa shape index (κ3) is 8.66. The fourth-order valence-corrected chi connectivity index (χ4v) is 5.53. The number of hydrogen-bond acceptors (Lipinski definition) is 4. The van der Waals surface area contributed by atoms with Crippen molar-refractivity contribution in [1.29, 1.82) is 0 Å². The van der Waals surface area contributed by atoms with Crippen molar-refractivity contribution in [2.24, 2.45) is 5.92 Å². The first-order valence-corrected chi connectivity index (χ1v) is 15.9. The zero-order valence-electron chi connectivity index (χ0n) is 23.7. The number of sulfonamides is 1. The average Bonchev–Trinajstić information content (AvgIpc) is 2.90. The summed E-state index contributed by atoms with van der Waals surface area (Å²) in [5, 5.41) is 2.99. The minimum Gasteiger partial charge on any atom is -0.354 e. The van der Waals surface area contributed by atoms with Crippen LogP contribution >= 0.6 is 15.9 Å². The van der Waals surface area contributed by atoms with E-state index in [4.69, 9.17) is 0 Å². The van der Waals surface area contributed by atoms with Crippen molar-refractivity contribution in [2.45, 2.75) is 46.7 Å². The van der Waals surface area contributed by atoms with Crippen molar-refractivity contribution in [3.05, 3.63) is 99.5 Å². The Morgan fingerprint density at radius 1 is 0.900 bits per heavy atom. The van der Waals surface area contributed by atoms with Crippen LogP contribution in [0.4, 0.5) is 5.69 Å². The molecular weight excluding hydrogens is 590 g/mol. The van der Waals surface area contributed by atoms with Gasteiger partial charge in [-0.2, -0.15) is 0 Å². The number of aryl methyl sites for hydroxylation is 1. The first-order chi connectivity index (χ1) is 18.9. The fraction of sp³-hybridized carbons (Fsp3) is 0.355. The summed E-state index contributed by atoms with van der Waals surface area (Å²) in [4.78, 5) is 29.3. The summed E-state index contributed by atoms with van der Waals surface area (Å²) in [5.41, 5.74) is 3.86. The summed E-state index contributed by atoms with van der Waals surface area (Å²) in [6, 6.07) is 21.6. The lowest BCUT2D eigenvalue weighted by Gasteiger charge is -2.34. The summed E-state index contributed by atoms with van der Waals surface area (Å²) in [6.07, 6.45) is 1.38. The van der Waals surface area contributed by atoms with Crippen LogP contribution in [0.5, 0.6) is 0 Å². The van der Waals surface area contributed by atoms with Gasteiger partial charge in [0.25, 0.3) is 0 Å². The van der Waals surface area contributed by atoms with Gasteiger partial charge in [0, 0.05) is 24.0 Å². The number of halogens is 1. The molecule has 1 atom stereocenters. The van der Waals surface area contributed by atoms with Gasteiger partial charge in [0.05, 0.1) is 11.9 Å². The van der Waals surface area contributed by atoms with Gasteiger partial charge >= 0.3 is 0 Å². The van der Waals surface area contributed by atoms with Gasteiger partial charge < -0.3 is 10.2 Å². The number of rotatable bonds is 12. The molecule has 0 saturated carbocycles. The van der Waals surface area contributed by atoms with Gasteiger partial charge in [-0.3, -0.25) is 13.9 Å². The molecule has 3 aromatic carbocycles. The van der Waals surface area contributed by atoms with Gasteiger partial charge in [-0.25, -0.2) is 8.42 Å². The lowest BCUT2D eigenvalue weighted by atomic mass is 10.0. The Bertz CT molecular complexity index is 1410. The topological polar surface area (TPSA) is 86.8 Å². The van der Waals surface area contributed by atoms with E-state index in [9.17, 15) is 18.0 Å². The predicted octanol–water partition coefficient (Wildman–Crippen LogP) is 5.24. The van der Waals surface area contributed by atoms with Crippen LogP contribution < -0.4 is 9.62 Å². The number of carbonyl (C=O) groups excluding carboxylic acids is 2. The van der Waals surface area contributed by atoms with E-state index in [0.29, 0.717) is 12.2 Å². The first-order valence-electron chi connectivity index (χ1n) is 13.3. The molecule has 0 fully saturated rings. The zero-order chi connectivity index (χ0) is 29.4. The zero-order valence-corrected chi connectivity index (χ0v) is 26.1. The summed E-state index contributed by atoms with van der Waals surface area (Å²) in [6.45, 7) is 7.92. The van der Waals surface area contributed by atoms with E-state index < -0.39 is 28.5 Å². The molecular formula is C31H38BrN3O4S. The van der Waals surface area contributed by atoms with E-state index in [1.807, 2.05) is 88.4 Å². The normalized spacial score (nSPS) is 12.2. The van der Waals surface area contributed by atoms with Crippen molar-refractivity contribution >= 4 is 43.5 Å². The molecule has 1 N–H and O–H groups in total. The van der Waals surface area contributed by atoms with E-state index in [2.05, 4.69) is 21.2 Å². The van der Waals surface area contributed by atoms with Crippen LogP contribution in [0.25, 0.3) is 0 Å². The van der Waals surface area contributed by atoms with Crippen LogP contribution in [0, 0.1) is 19.8 Å².